The predicted octanol–water partition coefficient (Wildman–Crippen LogP) is 2.39. The normalized spacial score (nSPS) is 14.9. The van der Waals surface area contributed by atoms with Gasteiger partial charge in [0, 0.05) is 10.3 Å². The molecule has 14 heavy (non-hydrogen) atoms. The molecule has 0 N–H and O–H groups in total. The van der Waals surface area contributed by atoms with Crippen LogP contribution in [0.4, 0.5) is 0 Å². The van der Waals surface area contributed by atoms with Crippen LogP contribution in [0.3, 0.4) is 0 Å². The van der Waals surface area contributed by atoms with E-state index in [9.17, 15) is 0 Å². The molecule has 0 saturated heterocycles. The van der Waals surface area contributed by atoms with E-state index >= 15 is 0 Å². The van der Waals surface area contributed by atoms with Crippen LogP contribution >= 0.6 is 11.3 Å². The minimum Gasteiger partial charge on any atom is -0.759 e. The van der Waals surface area contributed by atoms with E-state index in [1.807, 2.05) is 6.92 Å². The lowest BCUT2D eigenvalue weighted by atomic mass is 10.2. The number of rotatable bonds is 0. The molecule has 3 rings (SSSR count). The maximum absolute atomic E-state index is 5.29. The highest BCUT2D eigenvalue weighted by Crippen LogP contribution is 2.37. The largest absolute Gasteiger partial charge is 0.759 e. The Balaban J connectivity index is 2.43. The molecule has 1 aliphatic rings. The maximum Gasteiger partial charge on any atom is 0.125 e. The van der Waals surface area contributed by atoms with Gasteiger partial charge in [-0.3, -0.25) is 4.98 Å². The number of hydrogen-bond donors (Lipinski definition) is 0. The van der Waals surface area contributed by atoms with Gasteiger partial charge in [0.05, 0.1) is 0 Å². The fraction of sp³-hybridized carbons (Fsp3) is 0.400. The van der Waals surface area contributed by atoms with Crippen LogP contribution in [0.25, 0.3) is 10.2 Å². The van der Waals surface area contributed by atoms with Crippen LogP contribution in [0.15, 0.2) is 5.03 Å². The number of fused-ring (bicyclic) bond motifs is 3. The molecule has 0 unspecified atom stereocenters. The lowest BCUT2D eigenvalue weighted by Gasteiger charge is -2.08. The zero-order chi connectivity index (χ0) is 9.71. The molecule has 0 spiro atoms. The van der Waals surface area contributed by atoms with E-state index in [2.05, 4.69) is 9.97 Å². The molecule has 72 valence electrons. The van der Waals surface area contributed by atoms with Crippen molar-refractivity contribution >= 4 is 34.2 Å². The Morgan fingerprint density at radius 1 is 1.29 bits per heavy atom. The van der Waals surface area contributed by atoms with Gasteiger partial charge < -0.3 is 12.6 Å². The molecule has 2 nitrogen and oxygen atoms in total. The van der Waals surface area contributed by atoms with Crippen molar-refractivity contribution in [3.63, 3.8) is 0 Å². The lowest BCUT2D eigenvalue weighted by molar-refractivity contribution is 0.914. The fourth-order valence-corrected chi connectivity index (χ4v) is 3.79. The number of thiophene rings is 1. The first-order chi connectivity index (χ1) is 6.75. The van der Waals surface area contributed by atoms with Crippen LogP contribution in [0.2, 0.25) is 0 Å². The molecule has 1 aliphatic carbocycles. The fourth-order valence-electron chi connectivity index (χ4n) is 2.06. The minimum atomic E-state index is 0.743. The summed E-state index contributed by atoms with van der Waals surface area (Å²) < 4.78 is 0. The molecule has 2 heterocycles. The lowest BCUT2D eigenvalue weighted by Crippen LogP contribution is -1.91. The monoisotopic (exact) mass is 221 g/mol. The van der Waals surface area contributed by atoms with Gasteiger partial charge in [0.1, 0.15) is 10.7 Å². The Hall–Kier alpha value is -0.740. The van der Waals surface area contributed by atoms with Gasteiger partial charge in [-0.05, 0) is 31.7 Å². The van der Waals surface area contributed by atoms with E-state index in [-0.39, 0.29) is 0 Å². The van der Waals surface area contributed by atoms with Gasteiger partial charge in [-0.15, -0.1) is 11.3 Å². The number of hydrogen-bond acceptors (Lipinski definition) is 4. The zero-order valence-electron chi connectivity index (χ0n) is 7.83. The first-order valence-electron chi connectivity index (χ1n) is 4.71. The first kappa shape index (κ1) is 8.56. The molecule has 0 bridgehead atoms. The van der Waals surface area contributed by atoms with Crippen molar-refractivity contribution in [3.8, 4) is 0 Å². The number of nitrogens with zero attached hydrogens (tertiary/aromatic N) is 2. The Bertz CT molecular complexity index is 516. The topological polar surface area (TPSA) is 25.8 Å². The van der Waals surface area contributed by atoms with Crippen molar-refractivity contribution in [1.29, 1.82) is 0 Å². The predicted molar refractivity (Wildman–Crippen MR) is 59.8 cm³/mol. The molecule has 0 radical (unpaired) electrons. The second kappa shape index (κ2) is 2.87. The van der Waals surface area contributed by atoms with Crippen LogP contribution in [0.5, 0.6) is 0 Å². The van der Waals surface area contributed by atoms with E-state index in [0.29, 0.717) is 0 Å². The van der Waals surface area contributed by atoms with Crippen molar-refractivity contribution < 1.29 is 0 Å². The Labute approximate surface area is 91.8 Å². The molecule has 0 atom stereocenters. The van der Waals surface area contributed by atoms with E-state index in [1.165, 1.54) is 23.3 Å². The van der Waals surface area contributed by atoms with Gasteiger partial charge >= 0.3 is 0 Å². The quantitative estimate of drug-likeness (QED) is 0.504. The van der Waals surface area contributed by atoms with Crippen molar-refractivity contribution in [2.24, 2.45) is 0 Å². The molecule has 4 heteroatoms. The third kappa shape index (κ3) is 1.07. The summed E-state index contributed by atoms with van der Waals surface area (Å²) in [6.45, 7) is 1.90. The van der Waals surface area contributed by atoms with Crippen molar-refractivity contribution in [1.82, 2.24) is 9.97 Å². The molecule has 0 saturated carbocycles. The van der Waals surface area contributed by atoms with Gasteiger partial charge in [-0.25, -0.2) is 4.98 Å². The molecular weight excluding hydrogens is 212 g/mol. The summed E-state index contributed by atoms with van der Waals surface area (Å²) in [6, 6.07) is 0. The summed E-state index contributed by atoms with van der Waals surface area (Å²) in [7, 11) is 0. The Morgan fingerprint density at radius 3 is 3.00 bits per heavy atom. The third-order valence-corrected chi connectivity index (χ3v) is 4.12. The van der Waals surface area contributed by atoms with Gasteiger partial charge in [-0.1, -0.05) is 5.03 Å². The highest BCUT2D eigenvalue weighted by atomic mass is 32.1. The Morgan fingerprint density at radius 2 is 2.14 bits per heavy atom. The second-order valence-corrected chi connectivity index (χ2v) is 5.08. The van der Waals surface area contributed by atoms with Crippen molar-refractivity contribution in [2.75, 3.05) is 0 Å². The molecule has 0 fully saturated rings. The van der Waals surface area contributed by atoms with Gasteiger partial charge in [0.2, 0.25) is 0 Å². The average Bonchev–Trinajstić information content (AvgIpc) is 2.60. The summed E-state index contributed by atoms with van der Waals surface area (Å²) in [5.74, 6) is 0.794. The smallest absolute Gasteiger partial charge is 0.125 e. The molecule has 0 aromatic carbocycles. The van der Waals surface area contributed by atoms with E-state index in [4.69, 9.17) is 12.6 Å². The molecule has 2 aromatic rings. The molecule has 0 amide bonds. The third-order valence-electron chi connectivity index (χ3n) is 2.64. The van der Waals surface area contributed by atoms with Crippen LogP contribution in [-0.2, 0) is 25.5 Å². The first-order valence-corrected chi connectivity index (χ1v) is 5.94. The molecule has 0 aliphatic heterocycles. The summed E-state index contributed by atoms with van der Waals surface area (Å²) in [5, 5.41) is 1.90. The highest BCUT2D eigenvalue weighted by Gasteiger charge is 2.18. The summed E-state index contributed by atoms with van der Waals surface area (Å²) in [5.41, 5.74) is 1.43. The second-order valence-electron chi connectivity index (χ2n) is 3.61. The van der Waals surface area contributed by atoms with E-state index < -0.39 is 0 Å². The SMILES string of the molecule is Cc1nc([S-])c2c3c(sc2n1)CCC3. The summed E-state index contributed by atoms with van der Waals surface area (Å²) in [4.78, 5) is 11.3. The molecular formula is C10H9N2S2-. The number of aryl methyl sites for hydroxylation is 3. The minimum absolute atomic E-state index is 0.743. The van der Waals surface area contributed by atoms with Crippen LogP contribution in [0.1, 0.15) is 22.7 Å². The van der Waals surface area contributed by atoms with Gasteiger partial charge in [-0.2, -0.15) is 0 Å². The maximum atomic E-state index is 5.29. The standard InChI is InChI=1S/C10H10N2S2/c1-5-11-9(13)8-6-3-2-4-7(6)14-10(8)12-5/h2-4H2,1H3,(H,11,12,13)/p-1. The summed E-state index contributed by atoms with van der Waals surface area (Å²) in [6.07, 6.45) is 3.62. The zero-order valence-corrected chi connectivity index (χ0v) is 9.47. The average molecular weight is 221 g/mol. The van der Waals surface area contributed by atoms with Gasteiger partial charge in [0.15, 0.2) is 0 Å². The highest BCUT2D eigenvalue weighted by molar-refractivity contribution is 7.59. The number of aromatic nitrogens is 2. The summed E-state index contributed by atoms with van der Waals surface area (Å²) >= 11 is 7.09. The van der Waals surface area contributed by atoms with Crippen LogP contribution in [-0.4, -0.2) is 9.97 Å². The van der Waals surface area contributed by atoms with Crippen molar-refractivity contribution in [3.05, 3.63) is 16.3 Å². The van der Waals surface area contributed by atoms with Crippen LogP contribution in [0, 0.1) is 6.92 Å². The van der Waals surface area contributed by atoms with E-state index in [1.54, 1.807) is 11.3 Å². The Kier molecular flexibility index (Phi) is 1.76. The van der Waals surface area contributed by atoms with E-state index in [0.717, 1.165) is 27.5 Å². The van der Waals surface area contributed by atoms with Crippen molar-refractivity contribution in [2.45, 2.75) is 31.2 Å². The van der Waals surface area contributed by atoms with Crippen LogP contribution < -0.4 is 0 Å². The molecule has 2 aromatic heterocycles. The van der Waals surface area contributed by atoms with Gasteiger partial charge in [0.25, 0.3) is 0 Å².